The van der Waals surface area contributed by atoms with Crippen LogP contribution in [-0.2, 0) is 6.54 Å². The second-order valence-corrected chi connectivity index (χ2v) is 5.29. The fraction of sp³-hybridized carbons (Fsp3) is 0.143. The van der Waals surface area contributed by atoms with E-state index in [0.717, 1.165) is 16.5 Å². The zero-order chi connectivity index (χ0) is 14.5. The number of thioether (sulfide) groups is 1. The number of amides is 1. The van der Waals surface area contributed by atoms with Gasteiger partial charge >= 0.3 is 0 Å². The van der Waals surface area contributed by atoms with Gasteiger partial charge in [-0.1, -0.05) is 17.7 Å². The molecule has 1 heterocycles. The van der Waals surface area contributed by atoms with Crippen molar-refractivity contribution in [3.05, 3.63) is 58.6 Å². The Hall–Kier alpha value is -1.59. The molecule has 0 aliphatic carbocycles. The van der Waals surface area contributed by atoms with Crippen LogP contribution in [0.15, 0.2) is 41.4 Å². The summed E-state index contributed by atoms with van der Waals surface area (Å²) in [6.45, 7) is 0.288. The van der Waals surface area contributed by atoms with Gasteiger partial charge in [0.2, 0.25) is 5.95 Å². The number of nitrogens with one attached hydrogen (secondary N) is 1. The molecular formula is C14H12ClFN2OS. The summed E-state index contributed by atoms with van der Waals surface area (Å²) < 4.78 is 12.9. The minimum atomic E-state index is -0.681. The van der Waals surface area contributed by atoms with E-state index in [0.29, 0.717) is 5.02 Å². The van der Waals surface area contributed by atoms with Gasteiger partial charge in [-0.25, -0.2) is 4.98 Å². The van der Waals surface area contributed by atoms with E-state index in [2.05, 4.69) is 10.3 Å². The Morgan fingerprint density at radius 2 is 2.20 bits per heavy atom. The van der Waals surface area contributed by atoms with E-state index >= 15 is 0 Å². The molecule has 0 saturated heterocycles. The predicted octanol–water partition coefficient (Wildman–Crippen LogP) is 3.53. The molecule has 1 amide bonds. The first-order chi connectivity index (χ1) is 9.60. The topological polar surface area (TPSA) is 42.0 Å². The smallest absolute Gasteiger partial charge is 0.251 e. The number of aromatic nitrogens is 1. The molecule has 1 N–H and O–H groups in total. The van der Waals surface area contributed by atoms with Crippen LogP contribution in [0.5, 0.6) is 0 Å². The van der Waals surface area contributed by atoms with Gasteiger partial charge in [0, 0.05) is 34.3 Å². The molecule has 0 radical (unpaired) electrons. The first-order valence-electron chi connectivity index (χ1n) is 5.82. The van der Waals surface area contributed by atoms with E-state index in [1.54, 1.807) is 11.8 Å². The van der Waals surface area contributed by atoms with Crippen LogP contribution in [0, 0.1) is 5.95 Å². The molecule has 0 atom stereocenters. The Kier molecular flexibility index (Phi) is 4.98. The highest BCUT2D eigenvalue weighted by Gasteiger charge is 2.08. The van der Waals surface area contributed by atoms with Crippen molar-refractivity contribution in [1.29, 1.82) is 0 Å². The molecule has 0 fully saturated rings. The standard InChI is InChI=1S/C14H12ClFN2OS/c1-20-11-3-2-10(12(15)7-11)8-18-14(19)9-4-5-17-13(16)6-9/h2-7H,8H2,1H3,(H,18,19). The Bertz CT molecular complexity index is 636. The molecule has 0 unspecified atom stereocenters. The Morgan fingerprint density at radius 1 is 1.40 bits per heavy atom. The lowest BCUT2D eigenvalue weighted by atomic mass is 10.2. The number of hydrogen-bond donors (Lipinski definition) is 1. The third-order valence-electron chi connectivity index (χ3n) is 2.69. The highest BCUT2D eigenvalue weighted by molar-refractivity contribution is 7.98. The maximum absolute atomic E-state index is 12.9. The average molecular weight is 311 g/mol. The third-order valence-corrected chi connectivity index (χ3v) is 3.77. The fourth-order valence-corrected chi connectivity index (χ4v) is 2.37. The zero-order valence-corrected chi connectivity index (χ0v) is 12.3. The Morgan fingerprint density at radius 3 is 2.85 bits per heavy atom. The van der Waals surface area contributed by atoms with Crippen molar-refractivity contribution < 1.29 is 9.18 Å². The van der Waals surface area contributed by atoms with Crippen LogP contribution in [0.2, 0.25) is 5.02 Å². The van der Waals surface area contributed by atoms with Gasteiger partial charge in [0.05, 0.1) is 0 Å². The molecule has 6 heteroatoms. The van der Waals surface area contributed by atoms with Crippen molar-refractivity contribution >= 4 is 29.3 Å². The second kappa shape index (κ2) is 6.72. The van der Waals surface area contributed by atoms with Gasteiger partial charge in [-0.2, -0.15) is 4.39 Å². The molecule has 104 valence electrons. The first-order valence-corrected chi connectivity index (χ1v) is 7.42. The lowest BCUT2D eigenvalue weighted by Crippen LogP contribution is -2.23. The summed E-state index contributed by atoms with van der Waals surface area (Å²) in [7, 11) is 0. The molecule has 2 aromatic rings. The molecular weight excluding hydrogens is 299 g/mol. The monoisotopic (exact) mass is 310 g/mol. The highest BCUT2D eigenvalue weighted by atomic mass is 35.5. The molecule has 0 spiro atoms. The number of hydrogen-bond acceptors (Lipinski definition) is 3. The van der Waals surface area contributed by atoms with Gasteiger partial charge in [-0.3, -0.25) is 4.79 Å². The summed E-state index contributed by atoms with van der Waals surface area (Å²) in [6, 6.07) is 8.19. The van der Waals surface area contributed by atoms with E-state index in [1.165, 1.54) is 12.3 Å². The van der Waals surface area contributed by atoms with Crippen molar-refractivity contribution in [3.8, 4) is 0 Å². The van der Waals surface area contributed by atoms with Crippen molar-refractivity contribution in [2.75, 3.05) is 6.26 Å². The number of pyridine rings is 1. The van der Waals surface area contributed by atoms with E-state index in [1.807, 2.05) is 24.5 Å². The van der Waals surface area contributed by atoms with Crippen molar-refractivity contribution in [3.63, 3.8) is 0 Å². The largest absolute Gasteiger partial charge is 0.348 e. The molecule has 0 saturated carbocycles. The normalized spacial score (nSPS) is 10.3. The summed E-state index contributed by atoms with van der Waals surface area (Å²) in [5.74, 6) is -1.05. The maximum atomic E-state index is 12.9. The van der Waals surface area contributed by atoms with Gasteiger partial charge in [-0.15, -0.1) is 11.8 Å². The summed E-state index contributed by atoms with van der Waals surface area (Å²) >= 11 is 7.72. The molecule has 20 heavy (non-hydrogen) atoms. The number of benzene rings is 1. The van der Waals surface area contributed by atoms with Crippen LogP contribution < -0.4 is 5.32 Å². The summed E-state index contributed by atoms with van der Waals surface area (Å²) in [5.41, 5.74) is 1.04. The van der Waals surface area contributed by atoms with Crippen LogP contribution in [0.4, 0.5) is 4.39 Å². The quantitative estimate of drug-likeness (QED) is 0.694. The summed E-state index contributed by atoms with van der Waals surface area (Å²) in [5, 5.41) is 3.29. The Labute approximate surface area is 125 Å². The molecule has 0 aliphatic rings. The van der Waals surface area contributed by atoms with Crippen LogP contribution in [0.25, 0.3) is 0 Å². The lowest BCUT2D eigenvalue weighted by molar-refractivity contribution is 0.0950. The number of carbonyl (C=O) groups is 1. The number of halogens is 2. The predicted molar refractivity (Wildman–Crippen MR) is 78.6 cm³/mol. The number of carbonyl (C=O) groups excluding carboxylic acids is 1. The molecule has 1 aromatic heterocycles. The minimum Gasteiger partial charge on any atom is -0.348 e. The van der Waals surface area contributed by atoms with E-state index < -0.39 is 5.95 Å². The maximum Gasteiger partial charge on any atom is 0.251 e. The second-order valence-electron chi connectivity index (χ2n) is 4.01. The first kappa shape index (κ1) is 14.8. The summed E-state index contributed by atoms with van der Waals surface area (Å²) in [6.07, 6.45) is 3.22. The highest BCUT2D eigenvalue weighted by Crippen LogP contribution is 2.23. The van der Waals surface area contributed by atoms with Gasteiger partial charge in [-0.05, 0) is 30.0 Å². The molecule has 0 aliphatic heterocycles. The van der Waals surface area contributed by atoms with E-state index in [4.69, 9.17) is 11.6 Å². The van der Waals surface area contributed by atoms with E-state index in [9.17, 15) is 9.18 Å². The van der Waals surface area contributed by atoms with Crippen molar-refractivity contribution in [1.82, 2.24) is 10.3 Å². The molecule has 0 bridgehead atoms. The van der Waals surface area contributed by atoms with Gasteiger partial charge < -0.3 is 5.32 Å². The van der Waals surface area contributed by atoms with Crippen LogP contribution >= 0.6 is 23.4 Å². The average Bonchev–Trinajstić information content (AvgIpc) is 2.45. The van der Waals surface area contributed by atoms with Gasteiger partial charge in [0.15, 0.2) is 0 Å². The zero-order valence-electron chi connectivity index (χ0n) is 10.7. The Balaban J connectivity index is 2.03. The third kappa shape index (κ3) is 3.71. The van der Waals surface area contributed by atoms with Crippen molar-refractivity contribution in [2.24, 2.45) is 0 Å². The van der Waals surface area contributed by atoms with Crippen LogP contribution in [0.1, 0.15) is 15.9 Å². The van der Waals surface area contributed by atoms with Crippen molar-refractivity contribution in [2.45, 2.75) is 11.4 Å². The van der Waals surface area contributed by atoms with Crippen LogP contribution in [-0.4, -0.2) is 17.1 Å². The van der Waals surface area contributed by atoms with Gasteiger partial charge in [0.25, 0.3) is 5.91 Å². The number of rotatable bonds is 4. The van der Waals surface area contributed by atoms with Gasteiger partial charge in [0.1, 0.15) is 0 Å². The SMILES string of the molecule is CSc1ccc(CNC(=O)c2ccnc(F)c2)c(Cl)c1. The van der Waals surface area contributed by atoms with Crippen LogP contribution in [0.3, 0.4) is 0 Å². The number of nitrogens with zero attached hydrogens (tertiary/aromatic N) is 1. The summed E-state index contributed by atoms with van der Waals surface area (Å²) in [4.78, 5) is 16.3. The lowest BCUT2D eigenvalue weighted by Gasteiger charge is -2.08. The fourth-order valence-electron chi connectivity index (χ4n) is 1.62. The minimum absolute atomic E-state index is 0.231. The van der Waals surface area contributed by atoms with E-state index in [-0.39, 0.29) is 18.0 Å². The molecule has 1 aromatic carbocycles. The molecule has 2 rings (SSSR count). The molecule has 3 nitrogen and oxygen atoms in total.